The molecule has 120 valence electrons. The Morgan fingerprint density at radius 2 is 1.29 bits per heavy atom. The smallest absolute Gasteiger partial charge is 0.0781 e. The molecule has 0 aliphatic rings. The van der Waals surface area contributed by atoms with Crippen LogP contribution >= 0.6 is 0 Å². The van der Waals surface area contributed by atoms with Crippen molar-refractivity contribution in [1.82, 2.24) is 0 Å². The van der Waals surface area contributed by atoms with Crippen LogP contribution in [-0.2, 0) is 0 Å². The highest BCUT2D eigenvalue weighted by Crippen LogP contribution is 2.20. The van der Waals surface area contributed by atoms with Gasteiger partial charge in [0.25, 0.3) is 0 Å². The van der Waals surface area contributed by atoms with E-state index in [9.17, 15) is 0 Å². The van der Waals surface area contributed by atoms with Crippen molar-refractivity contribution >= 4 is 17.1 Å². The number of benzene rings is 3. The maximum Gasteiger partial charge on any atom is 0.0781 e. The van der Waals surface area contributed by atoms with Gasteiger partial charge in [-0.2, -0.15) is 0 Å². The molecule has 2 heteroatoms. The molecular weight excluding hydrogens is 292 g/mol. The van der Waals surface area contributed by atoms with E-state index >= 15 is 0 Å². The molecule has 0 fully saturated rings. The molecule has 0 saturated heterocycles. The molecular formula is C22H22N2. The van der Waals surface area contributed by atoms with Gasteiger partial charge in [0.2, 0.25) is 0 Å². The molecule has 0 radical (unpaired) electrons. The first kappa shape index (κ1) is 16.0. The fourth-order valence-corrected chi connectivity index (χ4v) is 2.56. The normalized spacial score (nSPS) is 11.4. The summed E-state index contributed by atoms with van der Waals surface area (Å²) < 4.78 is 0. The Morgan fingerprint density at radius 3 is 1.88 bits per heavy atom. The summed E-state index contributed by atoms with van der Waals surface area (Å²) in [6.45, 7) is 2.09. The van der Waals surface area contributed by atoms with Crippen molar-refractivity contribution in [3.8, 4) is 0 Å². The fourth-order valence-electron chi connectivity index (χ4n) is 2.56. The van der Waals surface area contributed by atoms with Gasteiger partial charge in [-0.05, 0) is 31.2 Å². The molecule has 0 amide bonds. The second-order valence-electron chi connectivity index (χ2n) is 6.10. The largest absolute Gasteiger partial charge is 0.378 e. The lowest BCUT2D eigenvalue weighted by molar-refractivity contribution is 1.13. The molecule has 0 unspecified atom stereocenters. The van der Waals surface area contributed by atoms with E-state index in [1.165, 1.54) is 11.3 Å². The number of hydrogen-bond acceptors (Lipinski definition) is 2. The van der Waals surface area contributed by atoms with Crippen LogP contribution in [0.5, 0.6) is 0 Å². The van der Waals surface area contributed by atoms with Crippen LogP contribution in [0.1, 0.15) is 16.7 Å². The van der Waals surface area contributed by atoms with Crippen LogP contribution in [0.4, 0.5) is 11.4 Å². The van der Waals surface area contributed by atoms with E-state index in [0.717, 1.165) is 22.5 Å². The Morgan fingerprint density at radius 1 is 0.708 bits per heavy atom. The summed E-state index contributed by atoms with van der Waals surface area (Å²) in [6, 6.07) is 27.2. The Labute approximate surface area is 144 Å². The third-order valence-corrected chi connectivity index (χ3v) is 3.98. The first-order valence-corrected chi connectivity index (χ1v) is 8.12. The van der Waals surface area contributed by atoms with E-state index in [1.54, 1.807) is 0 Å². The molecule has 3 rings (SSSR count). The molecule has 3 aromatic carbocycles. The monoisotopic (exact) mass is 314 g/mol. The topological polar surface area (TPSA) is 15.6 Å². The standard InChI is InChI=1S/C22H22N2/c1-17-9-13-20(14-10-17)23-22(18-7-5-4-6-8-18)19-11-15-21(16-12-19)24(2)3/h4-16H,1-3H3. The Bertz CT molecular complexity index is 814. The van der Waals surface area contributed by atoms with Crippen LogP contribution in [0.15, 0.2) is 83.9 Å². The number of nitrogens with zero attached hydrogens (tertiary/aromatic N) is 2. The third kappa shape index (κ3) is 3.72. The zero-order valence-corrected chi connectivity index (χ0v) is 14.4. The van der Waals surface area contributed by atoms with Gasteiger partial charge in [0, 0.05) is 30.9 Å². The van der Waals surface area contributed by atoms with Crippen LogP contribution in [0.2, 0.25) is 0 Å². The Kier molecular flexibility index (Phi) is 4.76. The Balaban J connectivity index is 2.07. The van der Waals surface area contributed by atoms with Gasteiger partial charge in [0.1, 0.15) is 0 Å². The van der Waals surface area contributed by atoms with Crippen LogP contribution in [0.25, 0.3) is 0 Å². The minimum absolute atomic E-state index is 0.969. The van der Waals surface area contributed by atoms with Crippen LogP contribution in [0, 0.1) is 6.92 Å². The van der Waals surface area contributed by atoms with E-state index in [0.29, 0.717) is 0 Å². The molecule has 0 aromatic heterocycles. The van der Waals surface area contributed by atoms with Crippen molar-refractivity contribution in [2.24, 2.45) is 4.99 Å². The van der Waals surface area contributed by atoms with Crippen molar-refractivity contribution in [2.45, 2.75) is 6.92 Å². The van der Waals surface area contributed by atoms with Crippen molar-refractivity contribution < 1.29 is 0 Å². The molecule has 24 heavy (non-hydrogen) atoms. The van der Waals surface area contributed by atoms with Gasteiger partial charge in [0.15, 0.2) is 0 Å². The molecule has 0 atom stereocenters. The molecule has 0 bridgehead atoms. The van der Waals surface area contributed by atoms with Crippen LogP contribution in [-0.4, -0.2) is 19.8 Å². The minimum Gasteiger partial charge on any atom is -0.378 e. The van der Waals surface area contributed by atoms with Crippen LogP contribution < -0.4 is 4.90 Å². The third-order valence-electron chi connectivity index (χ3n) is 3.98. The highest BCUT2D eigenvalue weighted by Gasteiger charge is 2.08. The van der Waals surface area contributed by atoms with E-state index in [1.807, 2.05) is 32.3 Å². The average molecular weight is 314 g/mol. The Hall–Kier alpha value is -2.87. The molecule has 2 nitrogen and oxygen atoms in total. The molecule has 3 aromatic rings. The van der Waals surface area contributed by atoms with Crippen LogP contribution in [0.3, 0.4) is 0 Å². The predicted molar refractivity (Wildman–Crippen MR) is 104 cm³/mol. The van der Waals surface area contributed by atoms with E-state index in [2.05, 4.69) is 72.5 Å². The SMILES string of the molecule is Cc1ccc(N=C(c2ccccc2)c2ccc(N(C)C)cc2)cc1. The maximum atomic E-state index is 4.92. The summed E-state index contributed by atoms with van der Waals surface area (Å²) in [5, 5.41) is 0. The van der Waals surface area contributed by atoms with Crippen molar-refractivity contribution in [2.75, 3.05) is 19.0 Å². The average Bonchev–Trinajstić information content (AvgIpc) is 2.62. The lowest BCUT2D eigenvalue weighted by Gasteiger charge is -2.14. The van der Waals surface area contributed by atoms with E-state index < -0.39 is 0 Å². The quantitative estimate of drug-likeness (QED) is 0.602. The lowest BCUT2D eigenvalue weighted by Crippen LogP contribution is -2.09. The van der Waals surface area contributed by atoms with Gasteiger partial charge >= 0.3 is 0 Å². The second-order valence-corrected chi connectivity index (χ2v) is 6.10. The highest BCUT2D eigenvalue weighted by molar-refractivity contribution is 6.14. The molecule has 0 N–H and O–H groups in total. The number of hydrogen-bond donors (Lipinski definition) is 0. The number of rotatable bonds is 4. The summed E-state index contributed by atoms with van der Waals surface area (Å²) in [6.07, 6.45) is 0. The molecule has 0 aliphatic heterocycles. The number of aliphatic imine (C=N–C) groups is 1. The van der Waals surface area contributed by atoms with Gasteiger partial charge in [0.05, 0.1) is 11.4 Å². The summed E-state index contributed by atoms with van der Waals surface area (Å²) in [4.78, 5) is 7.02. The van der Waals surface area contributed by atoms with Crippen molar-refractivity contribution in [3.63, 3.8) is 0 Å². The molecule has 0 heterocycles. The van der Waals surface area contributed by atoms with E-state index in [4.69, 9.17) is 4.99 Å². The first-order valence-electron chi connectivity index (χ1n) is 8.12. The molecule has 0 saturated carbocycles. The zero-order chi connectivity index (χ0) is 16.9. The van der Waals surface area contributed by atoms with Crippen molar-refractivity contribution in [3.05, 3.63) is 95.6 Å². The highest BCUT2D eigenvalue weighted by atomic mass is 15.1. The van der Waals surface area contributed by atoms with Crippen molar-refractivity contribution in [1.29, 1.82) is 0 Å². The number of aryl methyl sites for hydroxylation is 1. The summed E-state index contributed by atoms with van der Waals surface area (Å²) in [7, 11) is 4.10. The van der Waals surface area contributed by atoms with Gasteiger partial charge < -0.3 is 4.90 Å². The van der Waals surface area contributed by atoms with E-state index in [-0.39, 0.29) is 0 Å². The second kappa shape index (κ2) is 7.14. The minimum atomic E-state index is 0.969. The predicted octanol–water partition coefficient (Wildman–Crippen LogP) is 5.23. The molecule has 0 aliphatic carbocycles. The number of anilines is 1. The molecule has 0 spiro atoms. The van der Waals surface area contributed by atoms with Gasteiger partial charge in [-0.15, -0.1) is 0 Å². The summed E-state index contributed by atoms with van der Waals surface area (Å²) in [5.41, 5.74) is 6.62. The lowest BCUT2D eigenvalue weighted by atomic mass is 10.0. The first-order chi connectivity index (χ1) is 11.6. The summed E-state index contributed by atoms with van der Waals surface area (Å²) >= 11 is 0. The zero-order valence-electron chi connectivity index (χ0n) is 14.4. The van der Waals surface area contributed by atoms with Gasteiger partial charge in [-0.1, -0.05) is 60.2 Å². The summed E-state index contributed by atoms with van der Waals surface area (Å²) in [5.74, 6) is 0. The van der Waals surface area contributed by atoms with Gasteiger partial charge in [-0.25, -0.2) is 4.99 Å². The maximum absolute atomic E-state index is 4.92. The fraction of sp³-hybridized carbons (Fsp3) is 0.136. The van der Waals surface area contributed by atoms with Gasteiger partial charge in [-0.3, -0.25) is 0 Å².